The number of rotatable bonds is 9. The summed E-state index contributed by atoms with van der Waals surface area (Å²) in [5, 5.41) is 13.9. The molecular formula is C30H28Br2FN3O4. The molecule has 3 aromatic carbocycles. The number of carbonyl (C=O) groups excluding carboxylic acids is 2. The van der Waals surface area contributed by atoms with E-state index in [-0.39, 0.29) is 18.1 Å². The lowest BCUT2D eigenvalue weighted by molar-refractivity contribution is -0.142. The molecule has 0 aliphatic heterocycles. The summed E-state index contributed by atoms with van der Waals surface area (Å²) in [4.78, 5) is 38.1. The number of nitrogens with one attached hydrogen (secondary N) is 2. The van der Waals surface area contributed by atoms with Crippen LogP contribution in [-0.2, 0) is 11.3 Å². The Bertz CT molecular complexity index is 1390. The summed E-state index contributed by atoms with van der Waals surface area (Å²) >= 11 is 6.89. The van der Waals surface area contributed by atoms with E-state index in [1.54, 1.807) is 41.3 Å². The second-order valence-corrected chi connectivity index (χ2v) is 11.2. The van der Waals surface area contributed by atoms with Crippen LogP contribution < -0.4 is 15.5 Å². The van der Waals surface area contributed by atoms with E-state index in [0.29, 0.717) is 11.4 Å². The minimum atomic E-state index is -2.18. The first-order valence-corrected chi connectivity index (χ1v) is 14.4. The molecule has 3 aromatic rings. The lowest BCUT2D eigenvalue weighted by atomic mass is 9.93. The van der Waals surface area contributed by atoms with Crippen LogP contribution in [0.25, 0.3) is 5.57 Å². The van der Waals surface area contributed by atoms with Crippen LogP contribution in [0.1, 0.15) is 47.2 Å². The molecule has 7 nitrogen and oxygen atoms in total. The molecule has 3 amide bonds. The molecular weight excluding hydrogens is 645 g/mol. The number of amides is 3. The van der Waals surface area contributed by atoms with Crippen molar-refractivity contribution in [3.8, 4) is 0 Å². The third-order valence-electron chi connectivity index (χ3n) is 6.47. The van der Waals surface area contributed by atoms with Crippen molar-refractivity contribution in [3.63, 3.8) is 0 Å². The van der Waals surface area contributed by atoms with Gasteiger partial charge in [-0.05, 0) is 84.8 Å². The molecule has 1 atom stereocenters. The fraction of sp³-hybridized carbons (Fsp3) is 0.233. The van der Waals surface area contributed by atoms with Crippen molar-refractivity contribution in [2.24, 2.45) is 0 Å². The summed E-state index contributed by atoms with van der Waals surface area (Å²) in [6.45, 7) is -0.404. The SMILES string of the molecule is O=C(NCC(F)C(=O)O)c1ccc(CN(C(=O)Nc2cc(Br)cc(Br)c2)c2ccc(C3=CCCCC3)cc2)cc1. The van der Waals surface area contributed by atoms with E-state index in [0.717, 1.165) is 32.9 Å². The van der Waals surface area contributed by atoms with Gasteiger partial charge in [0.25, 0.3) is 5.91 Å². The van der Waals surface area contributed by atoms with Crippen LogP contribution in [0.15, 0.2) is 81.8 Å². The maximum Gasteiger partial charge on any atom is 0.340 e. The number of urea groups is 1. The number of anilines is 2. The summed E-state index contributed by atoms with van der Waals surface area (Å²) in [6.07, 6.45) is 4.61. The van der Waals surface area contributed by atoms with Crippen molar-refractivity contribution in [2.75, 3.05) is 16.8 Å². The normalized spacial score (nSPS) is 13.6. The highest BCUT2D eigenvalue weighted by atomic mass is 79.9. The maximum absolute atomic E-state index is 13.5. The van der Waals surface area contributed by atoms with Gasteiger partial charge in [0.1, 0.15) is 0 Å². The number of hydrogen-bond acceptors (Lipinski definition) is 3. The van der Waals surface area contributed by atoms with Crippen molar-refractivity contribution < 1.29 is 23.9 Å². The molecule has 0 aromatic heterocycles. The van der Waals surface area contributed by atoms with Gasteiger partial charge in [0.15, 0.2) is 0 Å². The topological polar surface area (TPSA) is 98.7 Å². The van der Waals surface area contributed by atoms with Gasteiger partial charge in [-0.3, -0.25) is 9.69 Å². The second kappa shape index (κ2) is 13.7. The van der Waals surface area contributed by atoms with Crippen molar-refractivity contribution >= 4 is 66.7 Å². The number of alkyl halides is 1. The van der Waals surface area contributed by atoms with Gasteiger partial charge >= 0.3 is 12.0 Å². The summed E-state index contributed by atoms with van der Waals surface area (Å²) in [6, 6.07) is 19.6. The molecule has 1 aliphatic carbocycles. The number of benzene rings is 3. The standard InChI is InChI=1S/C30H28Br2FN3O4/c31-23-14-24(32)16-25(15-23)35-30(40)36(26-12-10-21(11-13-26)20-4-2-1-3-5-20)18-19-6-8-22(9-7-19)28(37)34-17-27(33)29(38)39/h4,6-16,27H,1-3,5,17-18H2,(H,34,37)(H,35,40)(H,38,39). The minimum Gasteiger partial charge on any atom is -0.479 e. The second-order valence-electron chi connectivity index (χ2n) is 9.41. The quantitative estimate of drug-likeness (QED) is 0.219. The van der Waals surface area contributed by atoms with Gasteiger partial charge < -0.3 is 15.7 Å². The monoisotopic (exact) mass is 671 g/mol. The third kappa shape index (κ3) is 8.02. The highest BCUT2D eigenvalue weighted by molar-refractivity contribution is 9.11. The van der Waals surface area contributed by atoms with Crippen LogP contribution >= 0.6 is 31.9 Å². The lowest BCUT2D eigenvalue weighted by Gasteiger charge is -2.24. The fourth-order valence-corrected chi connectivity index (χ4v) is 5.66. The number of aliphatic carboxylic acids is 1. The Morgan fingerprint density at radius 2 is 1.62 bits per heavy atom. The molecule has 4 rings (SSSR count). The summed E-state index contributed by atoms with van der Waals surface area (Å²) in [5.41, 5.74) is 4.80. The Morgan fingerprint density at radius 1 is 0.950 bits per heavy atom. The third-order valence-corrected chi connectivity index (χ3v) is 7.38. The first-order chi connectivity index (χ1) is 19.2. The average Bonchev–Trinajstić information content (AvgIpc) is 2.94. The number of carboxylic acids is 1. The van der Waals surface area contributed by atoms with Crippen LogP contribution in [0.3, 0.4) is 0 Å². The van der Waals surface area contributed by atoms with E-state index in [1.165, 1.54) is 18.4 Å². The zero-order valence-electron chi connectivity index (χ0n) is 21.5. The molecule has 40 heavy (non-hydrogen) atoms. The van der Waals surface area contributed by atoms with Gasteiger partial charge in [-0.1, -0.05) is 62.2 Å². The predicted octanol–water partition coefficient (Wildman–Crippen LogP) is 7.56. The number of carbonyl (C=O) groups is 3. The molecule has 3 N–H and O–H groups in total. The molecule has 0 saturated carbocycles. The van der Waals surface area contributed by atoms with Gasteiger partial charge in [0.2, 0.25) is 6.17 Å². The highest BCUT2D eigenvalue weighted by Gasteiger charge is 2.19. The zero-order chi connectivity index (χ0) is 28.6. The van der Waals surface area contributed by atoms with Gasteiger partial charge in [0.05, 0.1) is 13.1 Å². The van der Waals surface area contributed by atoms with E-state index < -0.39 is 24.6 Å². The Kier molecular flexibility index (Phi) is 10.1. The van der Waals surface area contributed by atoms with Crippen molar-refractivity contribution in [1.82, 2.24) is 5.32 Å². The molecule has 10 heteroatoms. The van der Waals surface area contributed by atoms with Gasteiger partial charge in [-0.25, -0.2) is 14.0 Å². The number of hydrogen-bond donors (Lipinski definition) is 3. The van der Waals surface area contributed by atoms with Crippen LogP contribution in [-0.4, -0.2) is 35.7 Å². The minimum absolute atomic E-state index is 0.219. The van der Waals surface area contributed by atoms with Gasteiger partial charge in [-0.15, -0.1) is 0 Å². The molecule has 0 radical (unpaired) electrons. The van der Waals surface area contributed by atoms with Crippen LogP contribution in [0.5, 0.6) is 0 Å². The lowest BCUT2D eigenvalue weighted by Crippen LogP contribution is -2.35. The van der Waals surface area contributed by atoms with Crippen molar-refractivity contribution in [2.45, 2.75) is 38.4 Å². The summed E-state index contributed by atoms with van der Waals surface area (Å²) < 4.78 is 14.9. The zero-order valence-corrected chi connectivity index (χ0v) is 24.7. The predicted molar refractivity (Wildman–Crippen MR) is 161 cm³/mol. The van der Waals surface area contributed by atoms with E-state index in [4.69, 9.17) is 5.11 Å². The van der Waals surface area contributed by atoms with Crippen LogP contribution in [0, 0.1) is 0 Å². The highest BCUT2D eigenvalue weighted by Crippen LogP contribution is 2.29. The first-order valence-electron chi connectivity index (χ1n) is 12.8. The Balaban J connectivity index is 1.54. The summed E-state index contributed by atoms with van der Waals surface area (Å²) in [7, 11) is 0. The number of allylic oxidation sites excluding steroid dienone is 2. The molecule has 1 aliphatic rings. The number of carboxylic acid groups (broad SMARTS) is 1. The number of halogens is 3. The molecule has 0 fully saturated rings. The maximum atomic E-state index is 13.5. The van der Waals surface area contributed by atoms with E-state index in [9.17, 15) is 18.8 Å². The Hall–Kier alpha value is -3.50. The van der Waals surface area contributed by atoms with E-state index >= 15 is 0 Å². The molecule has 0 bridgehead atoms. The fourth-order valence-electron chi connectivity index (χ4n) is 4.37. The van der Waals surface area contributed by atoms with Crippen molar-refractivity contribution in [1.29, 1.82) is 0 Å². The molecule has 0 saturated heterocycles. The first kappa shape index (κ1) is 29.5. The Labute approximate surface area is 248 Å². The summed E-state index contributed by atoms with van der Waals surface area (Å²) in [5.74, 6) is -2.22. The van der Waals surface area contributed by atoms with Crippen molar-refractivity contribution in [3.05, 3.63) is 98.4 Å². The molecule has 0 heterocycles. The smallest absolute Gasteiger partial charge is 0.340 e. The molecule has 208 valence electrons. The number of nitrogens with zero attached hydrogens (tertiary/aromatic N) is 1. The van der Waals surface area contributed by atoms with Gasteiger partial charge in [-0.2, -0.15) is 0 Å². The van der Waals surface area contributed by atoms with E-state index in [2.05, 4.69) is 48.6 Å². The van der Waals surface area contributed by atoms with Crippen LogP contribution in [0.4, 0.5) is 20.6 Å². The Morgan fingerprint density at radius 3 is 2.23 bits per heavy atom. The molecule has 1 unspecified atom stereocenters. The molecule has 0 spiro atoms. The van der Waals surface area contributed by atoms with E-state index in [1.807, 2.05) is 30.3 Å². The van der Waals surface area contributed by atoms with Gasteiger partial charge in [0, 0.05) is 25.9 Å². The van der Waals surface area contributed by atoms with Crippen LogP contribution in [0.2, 0.25) is 0 Å². The average molecular weight is 673 g/mol. The largest absolute Gasteiger partial charge is 0.479 e.